The van der Waals surface area contributed by atoms with Crippen molar-refractivity contribution < 1.29 is 19.0 Å². The van der Waals surface area contributed by atoms with E-state index in [0.29, 0.717) is 37.7 Å². The van der Waals surface area contributed by atoms with Crippen molar-refractivity contribution in [1.29, 1.82) is 0 Å². The van der Waals surface area contributed by atoms with Crippen molar-refractivity contribution in [3.8, 4) is 5.88 Å². The highest BCUT2D eigenvalue weighted by Gasteiger charge is 2.47. The van der Waals surface area contributed by atoms with Gasteiger partial charge in [0.25, 0.3) is 5.91 Å². The number of carbonyl (C=O) groups is 1. The first-order valence-corrected chi connectivity index (χ1v) is 8.79. The van der Waals surface area contributed by atoms with Crippen LogP contribution in [0.15, 0.2) is 31.0 Å². The Balaban J connectivity index is 1.79. The van der Waals surface area contributed by atoms with E-state index < -0.39 is 0 Å². The van der Waals surface area contributed by atoms with Gasteiger partial charge in [0.15, 0.2) is 0 Å². The Morgan fingerprint density at radius 2 is 2.48 bits per heavy atom. The molecule has 1 aromatic rings. The first-order valence-electron chi connectivity index (χ1n) is 8.79. The molecule has 6 nitrogen and oxygen atoms in total. The highest BCUT2D eigenvalue weighted by Crippen LogP contribution is 2.41. The number of piperidine rings is 1. The summed E-state index contributed by atoms with van der Waals surface area (Å²) in [4.78, 5) is 19.1. The van der Waals surface area contributed by atoms with Crippen LogP contribution < -0.4 is 4.74 Å². The van der Waals surface area contributed by atoms with Gasteiger partial charge in [-0.15, -0.1) is 6.58 Å². The van der Waals surface area contributed by atoms with Gasteiger partial charge >= 0.3 is 0 Å². The average Bonchev–Trinajstić information content (AvgIpc) is 2.67. The van der Waals surface area contributed by atoms with Crippen LogP contribution in [0.2, 0.25) is 0 Å². The lowest BCUT2D eigenvalue weighted by Crippen LogP contribution is -2.58. The molecular formula is C19H26N2O4. The minimum absolute atomic E-state index is 0.0444. The number of nitrogens with zero attached hydrogens (tertiary/aromatic N) is 2. The van der Waals surface area contributed by atoms with Crippen molar-refractivity contribution in [2.75, 3.05) is 40.0 Å². The largest absolute Gasteiger partial charge is 0.480 e. The molecule has 3 rings (SSSR count). The third-order valence-electron chi connectivity index (χ3n) is 5.10. The molecule has 0 spiro atoms. The van der Waals surface area contributed by atoms with E-state index in [1.165, 1.54) is 7.11 Å². The molecule has 1 aromatic heterocycles. The highest BCUT2D eigenvalue weighted by atomic mass is 16.5. The maximum Gasteiger partial charge on any atom is 0.259 e. The van der Waals surface area contributed by atoms with E-state index in [-0.39, 0.29) is 17.4 Å². The van der Waals surface area contributed by atoms with Crippen LogP contribution in [0.1, 0.15) is 29.6 Å². The quantitative estimate of drug-likeness (QED) is 0.584. The molecule has 2 fully saturated rings. The zero-order chi connectivity index (χ0) is 17.7. The fourth-order valence-electron chi connectivity index (χ4n) is 3.91. The molecule has 2 aliphatic heterocycles. The maximum atomic E-state index is 13.0. The molecular weight excluding hydrogens is 320 g/mol. The van der Waals surface area contributed by atoms with Crippen LogP contribution in [0.4, 0.5) is 0 Å². The van der Waals surface area contributed by atoms with Crippen molar-refractivity contribution in [1.82, 2.24) is 9.88 Å². The molecule has 1 amide bonds. The number of hydrogen-bond donors (Lipinski definition) is 0. The zero-order valence-electron chi connectivity index (χ0n) is 14.8. The summed E-state index contributed by atoms with van der Waals surface area (Å²) in [6.45, 7) is 6.89. The van der Waals surface area contributed by atoms with E-state index in [0.717, 1.165) is 25.9 Å². The predicted octanol–water partition coefficient (Wildman–Crippen LogP) is 2.30. The number of carbonyl (C=O) groups excluding carboxylic acids is 1. The molecule has 2 atom stereocenters. The van der Waals surface area contributed by atoms with Crippen LogP contribution in [0.3, 0.4) is 0 Å². The van der Waals surface area contributed by atoms with Crippen LogP contribution in [0.5, 0.6) is 5.88 Å². The Labute approximate surface area is 148 Å². The van der Waals surface area contributed by atoms with Crippen LogP contribution >= 0.6 is 0 Å². The van der Waals surface area contributed by atoms with Crippen molar-refractivity contribution >= 4 is 5.91 Å². The summed E-state index contributed by atoms with van der Waals surface area (Å²) in [5.74, 6) is 0.323. The van der Waals surface area contributed by atoms with Crippen molar-refractivity contribution in [2.45, 2.75) is 25.4 Å². The normalized spacial score (nSPS) is 26.0. The summed E-state index contributed by atoms with van der Waals surface area (Å²) in [5, 5.41) is 0. The lowest BCUT2D eigenvalue weighted by molar-refractivity contribution is -0.144. The van der Waals surface area contributed by atoms with E-state index in [2.05, 4.69) is 11.6 Å². The molecule has 0 unspecified atom stereocenters. The molecule has 0 aliphatic carbocycles. The van der Waals surface area contributed by atoms with Gasteiger partial charge in [0, 0.05) is 31.3 Å². The first kappa shape index (κ1) is 17.9. The monoisotopic (exact) mass is 346 g/mol. The van der Waals surface area contributed by atoms with Crippen molar-refractivity contribution in [3.05, 3.63) is 36.5 Å². The number of rotatable bonds is 6. The van der Waals surface area contributed by atoms with E-state index in [1.807, 2.05) is 4.90 Å². The lowest BCUT2D eigenvalue weighted by Gasteiger charge is -2.50. The maximum absolute atomic E-state index is 13.0. The van der Waals surface area contributed by atoms with Gasteiger partial charge in [-0.2, -0.15) is 0 Å². The molecule has 0 saturated carbocycles. The summed E-state index contributed by atoms with van der Waals surface area (Å²) in [6.07, 6.45) is 6.34. The average molecular weight is 346 g/mol. The third kappa shape index (κ3) is 3.70. The second-order valence-corrected chi connectivity index (χ2v) is 6.70. The van der Waals surface area contributed by atoms with Gasteiger partial charge in [0.1, 0.15) is 5.56 Å². The molecule has 0 N–H and O–H groups in total. The summed E-state index contributed by atoms with van der Waals surface area (Å²) >= 11 is 0. The second kappa shape index (κ2) is 7.97. The Hall–Kier alpha value is -1.92. The van der Waals surface area contributed by atoms with Crippen molar-refractivity contribution in [2.24, 2.45) is 5.41 Å². The fourth-order valence-corrected chi connectivity index (χ4v) is 3.91. The Morgan fingerprint density at radius 1 is 1.60 bits per heavy atom. The van der Waals surface area contributed by atoms with E-state index in [1.54, 1.807) is 24.4 Å². The second-order valence-electron chi connectivity index (χ2n) is 6.70. The van der Waals surface area contributed by atoms with Crippen LogP contribution in [-0.2, 0) is 9.47 Å². The van der Waals surface area contributed by atoms with Gasteiger partial charge in [0.05, 0.1) is 26.4 Å². The number of hydrogen-bond acceptors (Lipinski definition) is 5. The molecule has 6 heteroatoms. The zero-order valence-corrected chi connectivity index (χ0v) is 14.8. The topological polar surface area (TPSA) is 60.9 Å². The first-order chi connectivity index (χ1) is 12.2. The van der Waals surface area contributed by atoms with E-state index in [4.69, 9.17) is 14.2 Å². The summed E-state index contributed by atoms with van der Waals surface area (Å²) < 4.78 is 17.1. The standard InChI is InChI=1S/C19H26N2O4/c1-3-11-24-14-19-8-5-12-25-16(19)7-10-21(13-19)18(22)15-6-4-9-20-17(15)23-2/h3-4,6,9,16H,1,5,7-8,10-14H2,2H3/t16-,19+/m1/s1. The van der Waals surface area contributed by atoms with Crippen LogP contribution in [0.25, 0.3) is 0 Å². The third-order valence-corrected chi connectivity index (χ3v) is 5.10. The molecule has 2 aliphatic rings. The summed E-state index contributed by atoms with van der Waals surface area (Å²) in [7, 11) is 1.53. The molecule has 136 valence electrons. The fraction of sp³-hybridized carbons (Fsp3) is 0.579. The smallest absolute Gasteiger partial charge is 0.259 e. The summed E-state index contributed by atoms with van der Waals surface area (Å²) in [6, 6.07) is 3.52. The number of pyridine rings is 1. The molecule has 0 radical (unpaired) electrons. The molecule has 25 heavy (non-hydrogen) atoms. The Kier molecular flexibility index (Phi) is 5.71. The van der Waals surface area contributed by atoms with E-state index in [9.17, 15) is 4.79 Å². The van der Waals surface area contributed by atoms with Crippen molar-refractivity contribution in [3.63, 3.8) is 0 Å². The summed E-state index contributed by atoms with van der Waals surface area (Å²) in [5.41, 5.74) is 0.354. The van der Waals surface area contributed by atoms with Gasteiger partial charge in [-0.3, -0.25) is 4.79 Å². The number of aromatic nitrogens is 1. The van der Waals surface area contributed by atoms with Gasteiger partial charge in [-0.25, -0.2) is 4.98 Å². The number of likely N-dealkylation sites (tertiary alicyclic amines) is 1. The number of ether oxygens (including phenoxy) is 3. The van der Waals surface area contributed by atoms with Gasteiger partial charge < -0.3 is 19.1 Å². The lowest BCUT2D eigenvalue weighted by atomic mass is 9.73. The van der Waals surface area contributed by atoms with Crippen LogP contribution in [0, 0.1) is 5.41 Å². The number of amides is 1. The minimum Gasteiger partial charge on any atom is -0.480 e. The number of methoxy groups -OCH3 is 1. The number of fused-ring (bicyclic) bond motifs is 1. The Bertz CT molecular complexity index is 621. The van der Waals surface area contributed by atoms with Gasteiger partial charge in [-0.1, -0.05) is 6.08 Å². The van der Waals surface area contributed by atoms with Gasteiger partial charge in [0.2, 0.25) is 5.88 Å². The molecule has 0 aromatic carbocycles. The molecule has 3 heterocycles. The Morgan fingerprint density at radius 3 is 3.28 bits per heavy atom. The molecule has 2 saturated heterocycles. The SMILES string of the molecule is C=CCOC[C@@]12CCCO[C@@H]1CCN(C(=O)c1cccnc1OC)C2. The molecule has 0 bridgehead atoms. The van der Waals surface area contributed by atoms with Gasteiger partial charge in [-0.05, 0) is 31.4 Å². The highest BCUT2D eigenvalue weighted by molar-refractivity contribution is 5.96. The predicted molar refractivity (Wildman–Crippen MR) is 93.7 cm³/mol. The van der Waals surface area contributed by atoms with E-state index >= 15 is 0 Å². The van der Waals surface area contributed by atoms with Crippen LogP contribution in [-0.4, -0.2) is 61.9 Å². The minimum atomic E-state index is -0.148.